The van der Waals surface area contributed by atoms with Crippen LogP contribution in [0.4, 0.5) is 13.2 Å². The first-order chi connectivity index (χ1) is 5.83. The molecule has 5 heteroatoms. The van der Waals surface area contributed by atoms with Gasteiger partial charge in [0.2, 0.25) is 0 Å². The second-order valence-electron chi connectivity index (χ2n) is 3.49. The van der Waals surface area contributed by atoms with Crippen LogP contribution in [-0.4, -0.2) is 25.3 Å². The summed E-state index contributed by atoms with van der Waals surface area (Å²) in [6.07, 6.45) is -3.55. The summed E-state index contributed by atoms with van der Waals surface area (Å²) in [6, 6.07) is -0.0271. The molecule has 1 unspecified atom stereocenters. The average molecular weight is 198 g/mol. The van der Waals surface area contributed by atoms with E-state index < -0.39 is 12.7 Å². The molecule has 0 saturated carbocycles. The molecule has 0 bridgehead atoms. The van der Waals surface area contributed by atoms with Crippen LogP contribution in [0.15, 0.2) is 0 Å². The Morgan fingerprint density at radius 2 is 1.85 bits per heavy atom. The van der Waals surface area contributed by atoms with Crippen molar-refractivity contribution in [1.29, 1.82) is 0 Å². The van der Waals surface area contributed by atoms with Gasteiger partial charge in [0.05, 0.1) is 6.54 Å². The lowest BCUT2D eigenvalue weighted by Gasteiger charge is -2.16. The molecule has 0 saturated heterocycles. The second-order valence-corrected chi connectivity index (χ2v) is 3.49. The van der Waals surface area contributed by atoms with Crippen molar-refractivity contribution in [2.45, 2.75) is 32.5 Å². The van der Waals surface area contributed by atoms with Gasteiger partial charge in [0, 0.05) is 6.04 Å². The fourth-order valence-electron chi connectivity index (χ4n) is 0.832. The number of hydrogen-bond donors (Lipinski definition) is 2. The van der Waals surface area contributed by atoms with E-state index in [1.165, 1.54) is 0 Å². The number of alkyl halides is 3. The van der Waals surface area contributed by atoms with Gasteiger partial charge in [-0.05, 0) is 18.9 Å². The molecule has 0 spiro atoms. The molecule has 0 fully saturated rings. The van der Waals surface area contributed by atoms with Gasteiger partial charge in [-0.3, -0.25) is 0 Å². The summed E-state index contributed by atoms with van der Waals surface area (Å²) in [5, 5.41) is 2.31. The molecule has 0 aliphatic carbocycles. The molecule has 3 N–H and O–H groups in total. The number of hydrogen-bond acceptors (Lipinski definition) is 2. The van der Waals surface area contributed by atoms with Crippen LogP contribution in [0.3, 0.4) is 0 Å². The van der Waals surface area contributed by atoms with Crippen LogP contribution >= 0.6 is 0 Å². The van der Waals surface area contributed by atoms with Crippen LogP contribution < -0.4 is 11.1 Å². The van der Waals surface area contributed by atoms with E-state index >= 15 is 0 Å². The van der Waals surface area contributed by atoms with E-state index in [-0.39, 0.29) is 6.04 Å². The fraction of sp³-hybridized carbons (Fsp3) is 1.00. The highest BCUT2D eigenvalue weighted by Gasteiger charge is 2.26. The summed E-state index contributed by atoms with van der Waals surface area (Å²) in [7, 11) is 0. The normalized spacial score (nSPS) is 15.0. The van der Waals surface area contributed by atoms with Crippen molar-refractivity contribution in [2.75, 3.05) is 13.1 Å². The van der Waals surface area contributed by atoms with Crippen molar-refractivity contribution in [3.05, 3.63) is 0 Å². The van der Waals surface area contributed by atoms with Crippen molar-refractivity contribution in [3.63, 3.8) is 0 Å². The van der Waals surface area contributed by atoms with Gasteiger partial charge in [-0.2, -0.15) is 13.2 Å². The lowest BCUT2D eigenvalue weighted by Crippen LogP contribution is -2.34. The van der Waals surface area contributed by atoms with Gasteiger partial charge in [0.25, 0.3) is 0 Å². The van der Waals surface area contributed by atoms with Crippen molar-refractivity contribution in [1.82, 2.24) is 5.32 Å². The largest absolute Gasteiger partial charge is 0.401 e. The minimum Gasteiger partial charge on any atom is -0.327 e. The first-order valence-corrected chi connectivity index (χ1v) is 4.36. The van der Waals surface area contributed by atoms with Gasteiger partial charge in [0.1, 0.15) is 0 Å². The van der Waals surface area contributed by atoms with E-state index in [1.54, 1.807) is 0 Å². The highest BCUT2D eigenvalue weighted by molar-refractivity contribution is 4.67. The number of halogens is 3. The predicted molar refractivity (Wildman–Crippen MR) is 46.4 cm³/mol. The topological polar surface area (TPSA) is 38.0 Å². The molecule has 1 atom stereocenters. The van der Waals surface area contributed by atoms with Crippen molar-refractivity contribution < 1.29 is 13.2 Å². The summed E-state index contributed by atoms with van der Waals surface area (Å²) in [5.74, 6) is 0.313. The molecule has 13 heavy (non-hydrogen) atoms. The lowest BCUT2D eigenvalue weighted by atomic mass is 10.0. The maximum Gasteiger partial charge on any atom is 0.401 e. The Balaban J connectivity index is 3.36. The van der Waals surface area contributed by atoms with E-state index in [9.17, 15) is 13.2 Å². The van der Waals surface area contributed by atoms with Crippen LogP contribution in [-0.2, 0) is 0 Å². The zero-order valence-corrected chi connectivity index (χ0v) is 7.99. The third-order valence-corrected chi connectivity index (χ3v) is 1.84. The number of rotatable bonds is 5. The van der Waals surface area contributed by atoms with Gasteiger partial charge >= 0.3 is 6.18 Å². The van der Waals surface area contributed by atoms with E-state index in [0.29, 0.717) is 18.9 Å². The fourth-order valence-corrected chi connectivity index (χ4v) is 0.832. The third-order valence-electron chi connectivity index (χ3n) is 1.84. The third kappa shape index (κ3) is 8.05. The number of nitrogens with two attached hydrogens (primary N) is 1. The van der Waals surface area contributed by atoms with Crippen molar-refractivity contribution in [2.24, 2.45) is 11.7 Å². The quantitative estimate of drug-likeness (QED) is 0.657. The van der Waals surface area contributed by atoms with Crippen LogP contribution in [0.5, 0.6) is 0 Å². The standard InChI is InChI=1S/C8H17F3N2/c1-6(2)7(12)3-4-13-5-8(9,10)11/h6-7,13H,3-5,12H2,1-2H3. The molecule has 0 amide bonds. The molecular weight excluding hydrogens is 181 g/mol. The summed E-state index contributed by atoms with van der Waals surface area (Å²) in [4.78, 5) is 0. The smallest absolute Gasteiger partial charge is 0.327 e. The Hall–Kier alpha value is -0.290. The highest BCUT2D eigenvalue weighted by Crippen LogP contribution is 2.12. The summed E-state index contributed by atoms with van der Waals surface area (Å²) in [6.45, 7) is 3.29. The summed E-state index contributed by atoms with van der Waals surface area (Å²) >= 11 is 0. The van der Waals surface area contributed by atoms with Crippen LogP contribution in [0.1, 0.15) is 20.3 Å². The molecular formula is C8H17F3N2. The van der Waals surface area contributed by atoms with E-state index in [2.05, 4.69) is 5.32 Å². The maximum atomic E-state index is 11.6. The minimum atomic E-state index is -4.12. The van der Waals surface area contributed by atoms with Crippen LogP contribution in [0, 0.1) is 5.92 Å². The van der Waals surface area contributed by atoms with Crippen molar-refractivity contribution >= 4 is 0 Å². The Morgan fingerprint density at radius 1 is 1.31 bits per heavy atom. The molecule has 0 aliphatic heterocycles. The molecule has 0 rings (SSSR count). The zero-order chi connectivity index (χ0) is 10.5. The second kappa shape index (κ2) is 5.44. The Labute approximate surface area is 76.7 Å². The molecule has 0 radical (unpaired) electrons. The Morgan fingerprint density at radius 3 is 2.23 bits per heavy atom. The first-order valence-electron chi connectivity index (χ1n) is 4.36. The predicted octanol–water partition coefficient (Wildman–Crippen LogP) is 1.51. The molecule has 0 aliphatic rings. The molecule has 0 aromatic rings. The van der Waals surface area contributed by atoms with Crippen molar-refractivity contribution in [3.8, 4) is 0 Å². The molecule has 2 nitrogen and oxygen atoms in total. The van der Waals surface area contributed by atoms with E-state index in [1.807, 2.05) is 13.8 Å². The summed E-state index contributed by atoms with van der Waals surface area (Å²) in [5.41, 5.74) is 5.65. The zero-order valence-electron chi connectivity index (χ0n) is 7.99. The van der Waals surface area contributed by atoms with Gasteiger partial charge in [0.15, 0.2) is 0 Å². The first kappa shape index (κ1) is 12.7. The van der Waals surface area contributed by atoms with Crippen LogP contribution in [0.25, 0.3) is 0 Å². The molecule has 80 valence electrons. The Bertz CT molecular complexity index is 134. The van der Waals surface area contributed by atoms with Gasteiger partial charge in [-0.25, -0.2) is 0 Å². The van der Waals surface area contributed by atoms with E-state index in [0.717, 1.165) is 0 Å². The van der Waals surface area contributed by atoms with E-state index in [4.69, 9.17) is 5.73 Å². The monoisotopic (exact) mass is 198 g/mol. The average Bonchev–Trinajstić information content (AvgIpc) is 1.95. The lowest BCUT2D eigenvalue weighted by molar-refractivity contribution is -0.124. The van der Waals surface area contributed by atoms with Crippen LogP contribution in [0.2, 0.25) is 0 Å². The molecule has 0 aromatic heterocycles. The molecule has 0 heterocycles. The maximum absolute atomic E-state index is 11.6. The number of nitrogens with one attached hydrogen (secondary N) is 1. The minimum absolute atomic E-state index is 0.0271. The molecule has 0 aromatic carbocycles. The van der Waals surface area contributed by atoms with Gasteiger partial charge < -0.3 is 11.1 Å². The summed E-state index contributed by atoms with van der Waals surface area (Å²) < 4.78 is 34.9. The van der Waals surface area contributed by atoms with Gasteiger partial charge in [-0.1, -0.05) is 13.8 Å². The van der Waals surface area contributed by atoms with Gasteiger partial charge in [-0.15, -0.1) is 0 Å². The Kier molecular flexibility index (Phi) is 5.32. The SMILES string of the molecule is CC(C)C(N)CCNCC(F)(F)F. The highest BCUT2D eigenvalue weighted by atomic mass is 19.4.